The fourth-order valence-corrected chi connectivity index (χ4v) is 5.54. The van der Waals surface area contributed by atoms with Crippen LogP contribution in [0.4, 0.5) is 10.2 Å². The van der Waals surface area contributed by atoms with Crippen molar-refractivity contribution in [2.24, 2.45) is 13.0 Å². The minimum absolute atomic E-state index is 0.0820. The van der Waals surface area contributed by atoms with Crippen molar-refractivity contribution in [2.45, 2.75) is 31.7 Å². The summed E-state index contributed by atoms with van der Waals surface area (Å²) >= 11 is 0. The second-order valence-electron chi connectivity index (χ2n) is 10.4. The molecule has 10 nitrogen and oxygen atoms in total. The van der Waals surface area contributed by atoms with Crippen LogP contribution in [-0.2, 0) is 11.8 Å². The van der Waals surface area contributed by atoms with Gasteiger partial charge in [-0.15, -0.1) is 5.10 Å². The lowest BCUT2D eigenvalue weighted by Gasteiger charge is -2.39. The summed E-state index contributed by atoms with van der Waals surface area (Å²) in [5.74, 6) is 0.274. The Balaban J connectivity index is 1.08. The van der Waals surface area contributed by atoms with Crippen molar-refractivity contribution in [1.82, 2.24) is 33.7 Å². The van der Waals surface area contributed by atoms with E-state index in [4.69, 9.17) is 4.74 Å². The first-order chi connectivity index (χ1) is 19.0. The Kier molecular flexibility index (Phi) is 5.62. The molecule has 39 heavy (non-hydrogen) atoms. The number of halogens is 1. The Morgan fingerprint density at radius 3 is 2.95 bits per heavy atom. The molecular weight excluding hydrogens is 499 g/mol. The van der Waals surface area contributed by atoms with Gasteiger partial charge in [0.25, 0.3) is 0 Å². The third-order valence-corrected chi connectivity index (χ3v) is 7.95. The first kappa shape index (κ1) is 23.8. The Hall–Kier alpha value is -4.25. The zero-order valence-electron chi connectivity index (χ0n) is 21.8. The number of hydrogen-bond donors (Lipinski definition) is 1. The monoisotopic (exact) mass is 528 g/mol. The molecule has 0 spiro atoms. The highest BCUT2D eigenvalue weighted by Crippen LogP contribution is 2.47. The largest absolute Gasteiger partial charge is 0.488 e. The van der Waals surface area contributed by atoms with Crippen molar-refractivity contribution in [3.05, 3.63) is 66.6 Å². The maximum absolute atomic E-state index is 15.3. The molecule has 6 heterocycles. The molecule has 0 bridgehead atoms. The van der Waals surface area contributed by atoms with Gasteiger partial charge in [0.2, 0.25) is 5.91 Å². The third-order valence-electron chi connectivity index (χ3n) is 7.95. The number of rotatable bonds is 8. The first-order valence-corrected chi connectivity index (χ1v) is 13.3. The van der Waals surface area contributed by atoms with Gasteiger partial charge in [0.1, 0.15) is 17.9 Å². The van der Waals surface area contributed by atoms with Crippen LogP contribution in [0.5, 0.6) is 5.75 Å². The van der Waals surface area contributed by atoms with Crippen molar-refractivity contribution in [3.8, 4) is 17.0 Å². The average Bonchev–Trinajstić information content (AvgIpc) is 3.23. The zero-order chi connectivity index (χ0) is 26.7. The van der Waals surface area contributed by atoms with Gasteiger partial charge in [-0.1, -0.05) is 13.0 Å². The van der Waals surface area contributed by atoms with Crippen LogP contribution in [0.1, 0.15) is 31.4 Å². The minimum Gasteiger partial charge on any atom is -0.488 e. The predicted molar refractivity (Wildman–Crippen MR) is 143 cm³/mol. The summed E-state index contributed by atoms with van der Waals surface area (Å²) in [6.45, 7) is 4.74. The van der Waals surface area contributed by atoms with Gasteiger partial charge >= 0.3 is 0 Å². The first-order valence-electron chi connectivity index (χ1n) is 13.3. The van der Waals surface area contributed by atoms with E-state index in [0.717, 1.165) is 37.3 Å². The number of carbonyl (C=O) groups excluding carboxylic acids is 1. The Labute approximate surface area is 224 Å². The molecule has 200 valence electrons. The molecule has 5 aromatic rings. The number of ether oxygens (including phenoxy) is 1. The summed E-state index contributed by atoms with van der Waals surface area (Å²) < 4.78 is 26.4. The molecule has 7 rings (SSSR count). The number of aryl methyl sites for hydroxylation is 1. The smallest absolute Gasteiger partial charge is 0.229 e. The fourth-order valence-electron chi connectivity index (χ4n) is 5.54. The van der Waals surface area contributed by atoms with Crippen LogP contribution < -0.4 is 10.1 Å². The molecule has 1 aliphatic heterocycles. The van der Waals surface area contributed by atoms with Crippen LogP contribution >= 0.6 is 0 Å². The average molecular weight is 529 g/mol. The van der Waals surface area contributed by atoms with Crippen LogP contribution in [0.2, 0.25) is 0 Å². The van der Waals surface area contributed by atoms with E-state index in [1.54, 1.807) is 30.1 Å². The Morgan fingerprint density at radius 2 is 2.15 bits per heavy atom. The highest BCUT2D eigenvalue weighted by Gasteiger charge is 2.45. The summed E-state index contributed by atoms with van der Waals surface area (Å²) in [6.07, 6.45) is 8.70. The van der Waals surface area contributed by atoms with Gasteiger partial charge in [0.05, 0.1) is 23.6 Å². The summed E-state index contributed by atoms with van der Waals surface area (Å²) in [6, 6.07) is 9.66. The molecular formula is C28H29FN8O2. The van der Waals surface area contributed by atoms with Gasteiger partial charge in [-0.3, -0.25) is 14.4 Å². The molecule has 2 fully saturated rings. The lowest BCUT2D eigenvalue weighted by Crippen LogP contribution is -2.50. The number of aromatic nitrogens is 6. The maximum Gasteiger partial charge on any atom is 0.229 e. The van der Waals surface area contributed by atoms with Crippen molar-refractivity contribution in [1.29, 1.82) is 0 Å². The molecule has 0 aromatic carbocycles. The number of amides is 1. The standard InChI is InChI=1S/C28H29FN8O2/c1-3-35-9-7-17(35)16-39-24-13-30-34(2)27(24)21-10-18-11-25(33-37(18)14-22(21)29)32-28(38)20-12-19(20)23-15-36-8-5-4-6-26(36)31-23/h4-6,8,10-11,13-15,17,19-20H,3,7,9,12,16H2,1-2H3,(H,32,33,38)/t17-,19?,20?/m1/s1. The highest BCUT2D eigenvalue weighted by atomic mass is 19.1. The molecule has 1 N–H and O–H groups in total. The van der Waals surface area contributed by atoms with Gasteiger partial charge in [-0.05, 0) is 37.6 Å². The van der Waals surface area contributed by atoms with Crippen LogP contribution in [0.25, 0.3) is 22.4 Å². The van der Waals surface area contributed by atoms with E-state index >= 15 is 4.39 Å². The maximum atomic E-state index is 15.3. The molecule has 1 saturated heterocycles. The molecule has 1 amide bonds. The number of hydrogen-bond acceptors (Lipinski definition) is 6. The minimum atomic E-state index is -0.454. The van der Waals surface area contributed by atoms with Crippen molar-refractivity contribution >= 4 is 22.9 Å². The number of imidazole rings is 1. The number of carbonyl (C=O) groups is 1. The summed E-state index contributed by atoms with van der Waals surface area (Å²) in [5, 5.41) is 11.6. The molecule has 2 unspecified atom stereocenters. The highest BCUT2D eigenvalue weighted by molar-refractivity contribution is 5.95. The van der Waals surface area contributed by atoms with Gasteiger partial charge in [0, 0.05) is 55.5 Å². The van der Waals surface area contributed by atoms with Gasteiger partial charge in [-0.2, -0.15) is 5.10 Å². The molecule has 5 aromatic heterocycles. The molecule has 1 aliphatic carbocycles. The summed E-state index contributed by atoms with van der Waals surface area (Å²) in [5.41, 5.74) is 3.36. The predicted octanol–water partition coefficient (Wildman–Crippen LogP) is 3.74. The lowest BCUT2D eigenvalue weighted by atomic mass is 10.0. The molecule has 3 atom stereocenters. The van der Waals surface area contributed by atoms with E-state index in [1.807, 2.05) is 35.0 Å². The second-order valence-corrected chi connectivity index (χ2v) is 10.4. The van der Waals surface area contributed by atoms with Crippen LogP contribution in [0, 0.1) is 11.7 Å². The second kappa shape index (κ2) is 9.19. The Morgan fingerprint density at radius 1 is 1.26 bits per heavy atom. The van der Waals surface area contributed by atoms with E-state index in [-0.39, 0.29) is 17.7 Å². The van der Waals surface area contributed by atoms with Gasteiger partial charge < -0.3 is 14.5 Å². The molecule has 2 aliphatic rings. The van der Waals surface area contributed by atoms with Crippen LogP contribution in [0.3, 0.4) is 0 Å². The molecule has 11 heteroatoms. The van der Waals surface area contributed by atoms with Crippen LogP contribution in [0.15, 0.2) is 55.1 Å². The topological polar surface area (TPSA) is 94.0 Å². The van der Waals surface area contributed by atoms with Gasteiger partial charge in [-0.25, -0.2) is 13.9 Å². The number of likely N-dealkylation sites (tertiary alicyclic amines) is 1. The zero-order valence-corrected chi connectivity index (χ0v) is 21.8. The quantitative estimate of drug-likeness (QED) is 0.330. The van der Waals surface area contributed by atoms with Gasteiger partial charge in [0.15, 0.2) is 17.4 Å². The van der Waals surface area contributed by atoms with E-state index in [2.05, 4.69) is 32.3 Å². The number of fused-ring (bicyclic) bond motifs is 2. The number of pyridine rings is 2. The fraction of sp³-hybridized carbons (Fsp3) is 0.357. The van der Waals surface area contributed by atoms with E-state index in [9.17, 15) is 4.79 Å². The van der Waals surface area contributed by atoms with Crippen molar-refractivity contribution in [2.75, 3.05) is 25.0 Å². The molecule has 1 saturated carbocycles. The van der Waals surface area contributed by atoms with Crippen molar-refractivity contribution in [3.63, 3.8) is 0 Å². The number of anilines is 1. The summed E-state index contributed by atoms with van der Waals surface area (Å²) in [4.78, 5) is 20.0. The van der Waals surface area contributed by atoms with Crippen molar-refractivity contribution < 1.29 is 13.9 Å². The lowest BCUT2D eigenvalue weighted by molar-refractivity contribution is -0.117. The number of nitrogens with one attached hydrogen (secondary N) is 1. The number of likely N-dealkylation sites (N-methyl/N-ethyl adjacent to an activating group) is 1. The van der Waals surface area contributed by atoms with E-state index in [0.29, 0.717) is 41.0 Å². The van der Waals surface area contributed by atoms with E-state index < -0.39 is 5.82 Å². The van der Waals surface area contributed by atoms with Crippen LogP contribution in [-0.4, -0.2) is 65.3 Å². The third kappa shape index (κ3) is 4.22. The molecule has 0 radical (unpaired) electrons. The SMILES string of the molecule is CCN1CC[C@@H]1COc1cnn(C)c1-c1cc2cc(NC(=O)C3CC3c3cn4ccccc4n3)nn2cc1F. The normalized spacial score (nSPS) is 20.8. The summed E-state index contributed by atoms with van der Waals surface area (Å²) in [7, 11) is 1.77. The number of nitrogens with zero attached hydrogens (tertiary/aromatic N) is 7. The van der Waals surface area contributed by atoms with E-state index in [1.165, 1.54) is 10.7 Å². The Bertz CT molecular complexity index is 1670.